The minimum absolute atomic E-state index is 0.0437. The van der Waals surface area contributed by atoms with Gasteiger partial charge in [-0.15, -0.1) is 0 Å². The molecule has 0 radical (unpaired) electrons. The molecule has 2 N–H and O–H groups in total. The van der Waals surface area contributed by atoms with Crippen LogP contribution in [0.15, 0.2) is 66.7 Å². The summed E-state index contributed by atoms with van der Waals surface area (Å²) in [5.41, 5.74) is -2.26. The fraction of sp³-hybridized carbons (Fsp3) is 0.286. The summed E-state index contributed by atoms with van der Waals surface area (Å²) in [6.07, 6.45) is -8.32. The zero-order valence-electron chi connectivity index (χ0n) is 20.8. The smallest absolute Gasteiger partial charge is 0.371 e. The van der Waals surface area contributed by atoms with Crippen molar-refractivity contribution in [3.63, 3.8) is 0 Å². The van der Waals surface area contributed by atoms with Gasteiger partial charge in [0.05, 0.1) is 22.7 Å². The predicted molar refractivity (Wildman–Crippen MR) is 135 cm³/mol. The molecule has 0 spiro atoms. The number of hydrogen-bond donors (Lipinski definition) is 2. The molecule has 0 aliphatic carbocycles. The topological polar surface area (TPSA) is 61.4 Å². The Morgan fingerprint density at radius 3 is 1.95 bits per heavy atom. The summed E-state index contributed by atoms with van der Waals surface area (Å²) in [5.74, 6) is -1.62. The molecule has 1 atom stereocenters. The van der Waals surface area contributed by atoms with Gasteiger partial charge in [-0.25, -0.2) is 0 Å². The van der Waals surface area contributed by atoms with E-state index in [1.807, 2.05) is 35.2 Å². The summed E-state index contributed by atoms with van der Waals surface area (Å²) in [7, 11) is 0. The van der Waals surface area contributed by atoms with Gasteiger partial charge in [-0.1, -0.05) is 30.3 Å². The lowest BCUT2D eigenvalue weighted by Gasteiger charge is -2.23. The molecule has 1 aliphatic rings. The molecule has 1 fully saturated rings. The minimum Gasteiger partial charge on any atom is -0.371 e. The summed E-state index contributed by atoms with van der Waals surface area (Å²) >= 11 is 0. The number of halogens is 6. The van der Waals surface area contributed by atoms with Crippen LogP contribution in [0.2, 0.25) is 0 Å². The normalized spacial score (nSPS) is 14.7. The fourth-order valence-electron chi connectivity index (χ4n) is 4.42. The molecule has 1 heterocycles. The number of carbonyl (C=O) groups is 2. The van der Waals surface area contributed by atoms with E-state index in [0.717, 1.165) is 18.4 Å². The first-order valence-electron chi connectivity index (χ1n) is 12.2. The number of amides is 2. The SMILES string of the molecule is CC(NC(=O)c1cc(NC(=O)c2cc(C(F)(F)F)cc(C(F)(F)F)c2)ccc1N1CCCC1)c1ccccc1. The van der Waals surface area contributed by atoms with Crippen molar-refractivity contribution < 1.29 is 35.9 Å². The fourth-order valence-corrected chi connectivity index (χ4v) is 4.42. The van der Waals surface area contributed by atoms with Crippen LogP contribution in [0, 0.1) is 0 Å². The van der Waals surface area contributed by atoms with E-state index >= 15 is 0 Å². The van der Waals surface area contributed by atoms with Crippen LogP contribution in [0.1, 0.15) is 63.2 Å². The molecule has 2 amide bonds. The lowest BCUT2D eigenvalue weighted by atomic mass is 10.0. The number of rotatable bonds is 6. The molecule has 4 rings (SSSR count). The van der Waals surface area contributed by atoms with Crippen molar-refractivity contribution in [2.45, 2.75) is 38.2 Å². The second-order valence-corrected chi connectivity index (χ2v) is 9.28. The molecular formula is C28H25F6N3O2. The van der Waals surface area contributed by atoms with Gasteiger partial charge in [0, 0.05) is 30.0 Å². The minimum atomic E-state index is -5.09. The van der Waals surface area contributed by atoms with E-state index in [2.05, 4.69) is 10.6 Å². The number of nitrogens with one attached hydrogen (secondary N) is 2. The Kier molecular flexibility index (Phi) is 7.89. The highest BCUT2D eigenvalue weighted by atomic mass is 19.4. The van der Waals surface area contributed by atoms with E-state index in [1.54, 1.807) is 13.0 Å². The van der Waals surface area contributed by atoms with Crippen molar-refractivity contribution >= 4 is 23.2 Å². The molecule has 39 heavy (non-hydrogen) atoms. The highest BCUT2D eigenvalue weighted by Gasteiger charge is 2.37. The predicted octanol–water partition coefficient (Wildman–Crippen LogP) is 7.07. The summed E-state index contributed by atoms with van der Waals surface area (Å²) < 4.78 is 79.4. The second kappa shape index (κ2) is 11.0. The Morgan fingerprint density at radius 2 is 1.38 bits per heavy atom. The summed E-state index contributed by atoms with van der Waals surface area (Å²) in [6, 6.07) is 14.0. The van der Waals surface area contributed by atoms with Gasteiger partial charge >= 0.3 is 12.4 Å². The molecular weight excluding hydrogens is 524 g/mol. The van der Waals surface area contributed by atoms with Gasteiger partial charge in [0.2, 0.25) is 0 Å². The standard InChI is InChI=1S/C28H25F6N3O2/c1-17(18-7-3-2-4-8-18)35-26(39)23-16-22(9-10-24(23)37-11-5-6-12-37)36-25(38)19-13-20(27(29,30)31)15-21(14-19)28(32,33)34/h2-4,7-10,13-17H,5-6,11-12H2,1H3,(H,35,39)(H,36,38). The molecule has 3 aromatic carbocycles. The molecule has 1 saturated heterocycles. The van der Waals surface area contributed by atoms with E-state index < -0.39 is 40.9 Å². The summed E-state index contributed by atoms with van der Waals surface area (Å²) in [6.45, 7) is 3.23. The lowest BCUT2D eigenvalue weighted by Crippen LogP contribution is -2.29. The molecule has 1 aliphatic heterocycles. The average molecular weight is 550 g/mol. The highest BCUT2D eigenvalue weighted by Crippen LogP contribution is 2.36. The Labute approximate surface area is 220 Å². The zero-order chi connectivity index (χ0) is 28.4. The van der Waals surface area contributed by atoms with Crippen molar-refractivity contribution in [2.24, 2.45) is 0 Å². The van der Waals surface area contributed by atoms with Crippen LogP contribution in [-0.2, 0) is 12.4 Å². The van der Waals surface area contributed by atoms with Gasteiger partial charge in [0.15, 0.2) is 0 Å². The van der Waals surface area contributed by atoms with Crippen molar-refractivity contribution in [1.29, 1.82) is 0 Å². The Morgan fingerprint density at radius 1 is 0.795 bits per heavy atom. The van der Waals surface area contributed by atoms with E-state index in [1.165, 1.54) is 12.1 Å². The Bertz CT molecular complexity index is 1320. The molecule has 1 unspecified atom stereocenters. The molecule has 3 aromatic rings. The van der Waals surface area contributed by atoms with Crippen molar-refractivity contribution in [2.75, 3.05) is 23.3 Å². The third-order valence-electron chi connectivity index (χ3n) is 6.44. The monoisotopic (exact) mass is 549 g/mol. The molecule has 5 nitrogen and oxygen atoms in total. The Hall–Kier alpha value is -4.02. The number of alkyl halides is 6. The molecule has 0 saturated carbocycles. The third kappa shape index (κ3) is 6.71. The largest absolute Gasteiger partial charge is 0.416 e. The van der Waals surface area contributed by atoms with E-state index in [-0.39, 0.29) is 23.4 Å². The maximum Gasteiger partial charge on any atom is 0.416 e. The number of carbonyl (C=O) groups excluding carboxylic acids is 2. The third-order valence-corrected chi connectivity index (χ3v) is 6.44. The van der Waals surface area contributed by atoms with E-state index in [9.17, 15) is 35.9 Å². The van der Waals surface area contributed by atoms with Crippen molar-refractivity contribution in [3.05, 3.63) is 94.5 Å². The maximum atomic E-state index is 13.3. The van der Waals surface area contributed by atoms with Gasteiger partial charge < -0.3 is 15.5 Å². The van der Waals surface area contributed by atoms with Gasteiger partial charge in [0.1, 0.15) is 0 Å². The van der Waals surface area contributed by atoms with Gasteiger partial charge in [-0.05, 0) is 61.7 Å². The first-order chi connectivity index (χ1) is 18.3. The van der Waals surface area contributed by atoms with Crippen LogP contribution in [0.4, 0.5) is 37.7 Å². The van der Waals surface area contributed by atoms with Gasteiger partial charge in [-0.3, -0.25) is 9.59 Å². The van der Waals surface area contributed by atoms with Crippen LogP contribution in [0.3, 0.4) is 0 Å². The zero-order valence-corrected chi connectivity index (χ0v) is 20.8. The van der Waals surface area contributed by atoms with Gasteiger partial charge in [0.25, 0.3) is 11.8 Å². The molecule has 0 aromatic heterocycles. The van der Waals surface area contributed by atoms with Crippen LogP contribution < -0.4 is 15.5 Å². The maximum absolute atomic E-state index is 13.3. The number of nitrogens with zero attached hydrogens (tertiary/aromatic N) is 1. The van der Waals surface area contributed by atoms with Gasteiger partial charge in [-0.2, -0.15) is 26.3 Å². The quantitative estimate of drug-likeness (QED) is 0.324. The lowest BCUT2D eigenvalue weighted by molar-refractivity contribution is -0.143. The molecule has 11 heteroatoms. The molecule has 0 bridgehead atoms. The van der Waals surface area contributed by atoms with Crippen molar-refractivity contribution in [1.82, 2.24) is 5.32 Å². The van der Waals surface area contributed by atoms with Crippen LogP contribution in [0.5, 0.6) is 0 Å². The van der Waals surface area contributed by atoms with Crippen LogP contribution in [-0.4, -0.2) is 24.9 Å². The van der Waals surface area contributed by atoms with Crippen LogP contribution in [0.25, 0.3) is 0 Å². The number of anilines is 2. The Balaban J connectivity index is 1.64. The first kappa shape index (κ1) is 28.0. The number of benzene rings is 3. The van der Waals surface area contributed by atoms with E-state index in [0.29, 0.717) is 30.9 Å². The average Bonchev–Trinajstić information content (AvgIpc) is 3.42. The van der Waals surface area contributed by atoms with Crippen LogP contribution >= 0.6 is 0 Å². The summed E-state index contributed by atoms with van der Waals surface area (Å²) in [4.78, 5) is 28.1. The summed E-state index contributed by atoms with van der Waals surface area (Å²) in [5, 5.41) is 5.25. The highest BCUT2D eigenvalue weighted by molar-refractivity contribution is 6.06. The number of hydrogen-bond acceptors (Lipinski definition) is 3. The first-order valence-corrected chi connectivity index (χ1v) is 12.2. The van der Waals surface area contributed by atoms with E-state index in [4.69, 9.17) is 0 Å². The van der Waals surface area contributed by atoms with Crippen molar-refractivity contribution in [3.8, 4) is 0 Å². The molecule has 206 valence electrons. The second-order valence-electron chi connectivity index (χ2n) is 9.28.